The summed E-state index contributed by atoms with van der Waals surface area (Å²) in [7, 11) is 3.15. The molecule has 0 aliphatic carbocycles. The number of aryl methyl sites for hydroxylation is 1. The lowest BCUT2D eigenvalue weighted by atomic mass is 9.90. The van der Waals surface area contributed by atoms with Crippen LogP contribution in [0.25, 0.3) is 0 Å². The molecule has 2 heterocycles. The second-order valence-electron chi connectivity index (χ2n) is 8.12. The van der Waals surface area contributed by atoms with E-state index in [1.54, 1.807) is 31.4 Å². The lowest BCUT2D eigenvalue weighted by Crippen LogP contribution is -2.37. The molecule has 0 aromatic heterocycles. The Morgan fingerprint density at radius 1 is 0.818 bits per heavy atom. The number of rotatable bonds is 5. The summed E-state index contributed by atoms with van der Waals surface area (Å²) in [4.78, 5) is 34.6. The number of carbonyl (C=O) groups is 2. The van der Waals surface area contributed by atoms with Crippen LogP contribution < -0.4 is 19.4 Å². The van der Waals surface area contributed by atoms with Crippen LogP contribution in [0.4, 0.5) is 11.4 Å². The molecular weight excluding hydrogens is 420 g/mol. The number of imide groups is 1. The van der Waals surface area contributed by atoms with Gasteiger partial charge in [-0.15, -0.1) is 0 Å². The lowest BCUT2D eigenvalue weighted by molar-refractivity contribution is -0.126. The van der Waals surface area contributed by atoms with Gasteiger partial charge in [0, 0.05) is 11.6 Å². The number of nitrogens with zero attached hydrogens (tertiary/aromatic N) is 2. The first-order valence-corrected chi connectivity index (χ1v) is 10.7. The van der Waals surface area contributed by atoms with Crippen LogP contribution >= 0.6 is 0 Å². The van der Waals surface area contributed by atoms with Crippen LogP contribution in [-0.4, -0.2) is 32.1 Å². The van der Waals surface area contributed by atoms with Crippen LogP contribution in [0.2, 0.25) is 0 Å². The van der Waals surface area contributed by atoms with Gasteiger partial charge in [-0.3, -0.25) is 14.4 Å². The number of carbonyl (C=O) groups excluding carboxylic acids is 2. The average Bonchev–Trinajstić information content (AvgIpc) is 3.35. The fraction of sp³-hybridized carbons (Fsp3) is 0.231. The number of benzene rings is 3. The number of para-hydroxylation sites is 1. The number of ether oxygens (including phenoxy) is 2. The largest absolute Gasteiger partial charge is 0.497 e. The number of hydrogen-bond donors (Lipinski definition) is 0. The van der Waals surface area contributed by atoms with Crippen molar-refractivity contribution in [2.24, 2.45) is 5.92 Å². The van der Waals surface area contributed by atoms with Gasteiger partial charge in [-0.05, 0) is 48.9 Å². The zero-order valence-corrected chi connectivity index (χ0v) is 18.6. The highest BCUT2D eigenvalue weighted by Gasteiger charge is 2.60. The van der Waals surface area contributed by atoms with E-state index in [1.165, 1.54) is 4.90 Å². The van der Waals surface area contributed by atoms with Crippen molar-refractivity contribution in [1.29, 1.82) is 0 Å². The van der Waals surface area contributed by atoms with Gasteiger partial charge in [0.2, 0.25) is 5.91 Å². The number of hydrogen-bond acceptors (Lipinski definition) is 6. The van der Waals surface area contributed by atoms with Gasteiger partial charge in [0.1, 0.15) is 17.4 Å². The third-order valence-corrected chi connectivity index (χ3v) is 6.15. The molecule has 3 aromatic rings. The first kappa shape index (κ1) is 21.0. The van der Waals surface area contributed by atoms with E-state index in [-0.39, 0.29) is 11.8 Å². The Bertz CT molecular complexity index is 1210. The molecule has 3 atom stereocenters. The van der Waals surface area contributed by atoms with Crippen LogP contribution in [0.15, 0.2) is 72.8 Å². The summed E-state index contributed by atoms with van der Waals surface area (Å²) in [6, 6.07) is 21.7. The summed E-state index contributed by atoms with van der Waals surface area (Å²) in [6.45, 7) is 1.92. The van der Waals surface area contributed by atoms with Crippen molar-refractivity contribution in [2.45, 2.75) is 19.1 Å². The Labute approximate surface area is 192 Å². The molecule has 7 heteroatoms. The monoisotopic (exact) mass is 444 g/mol. The highest BCUT2D eigenvalue weighted by Crippen LogP contribution is 2.49. The normalized spacial score (nSPS) is 22.0. The smallest absolute Gasteiger partial charge is 0.266 e. The standard InChI is InChI=1S/C26H24N2O5/c1-16-8-7-11-18(14-16)27-25(29)22-23(20-13-12-19(31-2)15-21(20)32-3)28(33-24(22)26(27)30)17-9-5-4-6-10-17/h4-15,22-24H,1-3H3/t22-,23-,24-/m0/s1. The molecule has 168 valence electrons. The third kappa shape index (κ3) is 3.41. The van der Waals surface area contributed by atoms with E-state index in [4.69, 9.17) is 14.3 Å². The maximum absolute atomic E-state index is 13.7. The number of methoxy groups -OCH3 is 2. The third-order valence-electron chi connectivity index (χ3n) is 6.15. The Morgan fingerprint density at radius 2 is 1.58 bits per heavy atom. The van der Waals surface area contributed by atoms with Crippen molar-refractivity contribution in [3.8, 4) is 11.5 Å². The fourth-order valence-corrected chi connectivity index (χ4v) is 4.61. The van der Waals surface area contributed by atoms with Crippen molar-refractivity contribution < 1.29 is 23.9 Å². The molecule has 33 heavy (non-hydrogen) atoms. The molecule has 0 N–H and O–H groups in total. The zero-order chi connectivity index (χ0) is 23.1. The summed E-state index contributed by atoms with van der Waals surface area (Å²) in [5.41, 5.74) is 3.00. The van der Waals surface area contributed by atoms with Crippen LogP contribution in [0.3, 0.4) is 0 Å². The van der Waals surface area contributed by atoms with E-state index in [9.17, 15) is 9.59 Å². The summed E-state index contributed by atoms with van der Waals surface area (Å²) in [5, 5.41) is 1.66. The Hall–Kier alpha value is -3.84. The van der Waals surface area contributed by atoms with Crippen molar-refractivity contribution in [3.05, 3.63) is 83.9 Å². The highest BCUT2D eigenvalue weighted by atomic mass is 16.7. The van der Waals surface area contributed by atoms with E-state index >= 15 is 0 Å². The minimum Gasteiger partial charge on any atom is -0.497 e. The van der Waals surface area contributed by atoms with Crippen LogP contribution in [0.5, 0.6) is 11.5 Å². The molecule has 2 aliphatic rings. The second-order valence-corrected chi connectivity index (χ2v) is 8.12. The molecule has 0 bridgehead atoms. The molecule has 0 radical (unpaired) electrons. The molecule has 7 nitrogen and oxygen atoms in total. The molecule has 3 aromatic carbocycles. The first-order chi connectivity index (χ1) is 16.0. The van der Waals surface area contributed by atoms with Crippen LogP contribution in [-0.2, 0) is 14.4 Å². The quantitative estimate of drug-likeness (QED) is 0.553. The zero-order valence-electron chi connectivity index (χ0n) is 18.6. The molecule has 0 spiro atoms. The van der Waals surface area contributed by atoms with E-state index < -0.39 is 18.1 Å². The molecule has 2 aliphatic heterocycles. The predicted molar refractivity (Wildman–Crippen MR) is 123 cm³/mol. The Kier molecular flexibility index (Phi) is 5.26. The molecule has 0 saturated carbocycles. The second kappa shape index (κ2) is 8.26. The van der Waals surface area contributed by atoms with E-state index in [1.807, 2.05) is 67.6 Å². The maximum atomic E-state index is 13.7. The van der Waals surface area contributed by atoms with E-state index in [0.29, 0.717) is 17.2 Å². The Balaban J connectivity index is 1.62. The van der Waals surface area contributed by atoms with Gasteiger partial charge in [0.25, 0.3) is 5.91 Å². The number of fused-ring (bicyclic) bond motifs is 1. The predicted octanol–water partition coefficient (Wildman–Crippen LogP) is 4.06. The molecule has 2 saturated heterocycles. The summed E-state index contributed by atoms with van der Waals surface area (Å²) in [6.07, 6.45) is -0.935. The van der Waals surface area contributed by atoms with Crippen molar-refractivity contribution >= 4 is 23.2 Å². The van der Waals surface area contributed by atoms with Crippen LogP contribution in [0, 0.1) is 12.8 Å². The van der Waals surface area contributed by atoms with Crippen LogP contribution in [0.1, 0.15) is 17.2 Å². The first-order valence-electron chi connectivity index (χ1n) is 10.7. The molecule has 0 unspecified atom stereocenters. The van der Waals surface area contributed by atoms with Gasteiger partial charge in [0.05, 0.1) is 31.6 Å². The summed E-state index contributed by atoms with van der Waals surface area (Å²) in [5.74, 6) is -0.213. The molecule has 5 rings (SSSR count). The highest BCUT2D eigenvalue weighted by molar-refractivity contribution is 6.24. The SMILES string of the molecule is COc1ccc([C@H]2[C@@H]3C(=O)N(c4cccc(C)c4)C(=O)[C@H]3ON2c2ccccc2)c(OC)c1. The molecular formula is C26H24N2O5. The topological polar surface area (TPSA) is 68.3 Å². The summed E-state index contributed by atoms with van der Waals surface area (Å²) < 4.78 is 11.0. The van der Waals surface area contributed by atoms with Gasteiger partial charge in [-0.2, -0.15) is 0 Å². The van der Waals surface area contributed by atoms with Gasteiger partial charge >= 0.3 is 0 Å². The van der Waals surface area contributed by atoms with E-state index in [2.05, 4.69) is 0 Å². The number of hydroxylamine groups is 1. The average molecular weight is 444 g/mol. The Morgan fingerprint density at radius 3 is 2.27 bits per heavy atom. The lowest BCUT2D eigenvalue weighted by Gasteiger charge is -2.29. The van der Waals surface area contributed by atoms with Crippen molar-refractivity contribution in [3.63, 3.8) is 0 Å². The molecule has 2 fully saturated rings. The minimum atomic E-state index is -0.935. The van der Waals surface area contributed by atoms with Gasteiger partial charge in [-0.25, -0.2) is 9.96 Å². The maximum Gasteiger partial charge on any atom is 0.266 e. The number of amides is 2. The summed E-state index contributed by atoms with van der Waals surface area (Å²) >= 11 is 0. The number of anilines is 2. The minimum absolute atomic E-state index is 0.295. The van der Waals surface area contributed by atoms with Gasteiger partial charge in [0.15, 0.2) is 6.10 Å². The van der Waals surface area contributed by atoms with Crippen molar-refractivity contribution in [1.82, 2.24) is 0 Å². The van der Waals surface area contributed by atoms with E-state index in [0.717, 1.165) is 16.8 Å². The van der Waals surface area contributed by atoms with Gasteiger partial charge in [-0.1, -0.05) is 30.3 Å². The van der Waals surface area contributed by atoms with Gasteiger partial charge < -0.3 is 9.47 Å². The van der Waals surface area contributed by atoms with Crippen molar-refractivity contribution in [2.75, 3.05) is 24.2 Å². The molecule has 2 amide bonds. The fourth-order valence-electron chi connectivity index (χ4n) is 4.61.